The highest BCUT2D eigenvalue weighted by molar-refractivity contribution is 6.05. The van der Waals surface area contributed by atoms with Gasteiger partial charge in [0.05, 0.1) is 18.5 Å². The quantitative estimate of drug-likeness (QED) is 0.411. The summed E-state index contributed by atoms with van der Waals surface area (Å²) in [6, 6.07) is 0. The molecule has 1 heterocycles. The third-order valence-electron chi connectivity index (χ3n) is 2.01. The highest BCUT2D eigenvalue weighted by Crippen LogP contribution is 2.19. The molecule has 0 radical (unpaired) electrons. The summed E-state index contributed by atoms with van der Waals surface area (Å²) in [5.74, 6) is 2.27. The minimum Gasteiger partial charge on any atom is -0.319 e. The average molecular weight is 165 g/mol. The van der Waals surface area contributed by atoms with Crippen molar-refractivity contribution in [1.82, 2.24) is 4.90 Å². The van der Waals surface area contributed by atoms with Gasteiger partial charge >= 0.3 is 0 Å². The van der Waals surface area contributed by atoms with Crippen molar-refractivity contribution in [2.75, 3.05) is 6.54 Å². The predicted molar refractivity (Wildman–Crippen MR) is 44.2 cm³/mol. The van der Waals surface area contributed by atoms with Crippen LogP contribution in [-0.4, -0.2) is 28.7 Å². The molecule has 1 fully saturated rings. The summed E-state index contributed by atoms with van der Waals surface area (Å²) >= 11 is 0. The van der Waals surface area contributed by atoms with Gasteiger partial charge in [0, 0.05) is 0 Å². The lowest BCUT2D eigenvalue weighted by Crippen LogP contribution is -2.43. The lowest BCUT2D eigenvalue weighted by atomic mass is 10.1. The monoisotopic (exact) mass is 165 g/mol. The lowest BCUT2D eigenvalue weighted by Gasteiger charge is -2.29. The molecule has 0 atom stereocenters. The second kappa shape index (κ2) is 2.63. The van der Waals surface area contributed by atoms with E-state index >= 15 is 0 Å². The summed E-state index contributed by atoms with van der Waals surface area (Å²) in [6.45, 7) is 3.67. The molecule has 0 spiro atoms. The van der Waals surface area contributed by atoms with Gasteiger partial charge in [-0.15, -0.1) is 6.42 Å². The molecule has 0 aliphatic carbocycles. The van der Waals surface area contributed by atoms with Gasteiger partial charge in [0.25, 0.3) is 0 Å². The number of carbonyl (C=O) groups excluding carboxylic acids is 2. The van der Waals surface area contributed by atoms with E-state index in [9.17, 15) is 9.59 Å². The van der Waals surface area contributed by atoms with E-state index in [4.69, 9.17) is 6.42 Å². The van der Waals surface area contributed by atoms with Crippen LogP contribution in [0.4, 0.5) is 0 Å². The number of carbonyl (C=O) groups is 2. The molecule has 1 rings (SSSR count). The highest BCUT2D eigenvalue weighted by Gasteiger charge is 2.36. The molecule has 12 heavy (non-hydrogen) atoms. The number of rotatable bonds is 1. The molecule has 1 amide bonds. The molecular weight excluding hydrogens is 154 g/mol. The molecule has 0 aromatic heterocycles. The Bertz CT molecular complexity index is 273. The van der Waals surface area contributed by atoms with Crippen molar-refractivity contribution in [2.24, 2.45) is 0 Å². The van der Waals surface area contributed by atoms with Gasteiger partial charge in [0.1, 0.15) is 0 Å². The number of nitrogens with zero attached hydrogens (tertiary/aromatic N) is 1. The molecule has 1 aliphatic heterocycles. The Morgan fingerprint density at radius 2 is 2.08 bits per heavy atom. The van der Waals surface area contributed by atoms with Crippen LogP contribution >= 0.6 is 0 Å². The Balaban J connectivity index is 2.85. The fraction of sp³-hybridized carbons (Fsp3) is 0.556. The van der Waals surface area contributed by atoms with Crippen LogP contribution in [0.1, 0.15) is 20.3 Å². The second-order valence-electron chi connectivity index (χ2n) is 3.40. The minimum atomic E-state index is -0.636. The smallest absolute Gasteiger partial charge is 0.231 e. The van der Waals surface area contributed by atoms with Crippen molar-refractivity contribution >= 4 is 11.7 Å². The maximum atomic E-state index is 11.2. The molecule has 0 aromatic rings. The van der Waals surface area contributed by atoms with E-state index in [1.54, 1.807) is 13.8 Å². The molecule has 64 valence electrons. The zero-order valence-electron chi connectivity index (χ0n) is 7.26. The summed E-state index contributed by atoms with van der Waals surface area (Å²) in [7, 11) is 0. The van der Waals surface area contributed by atoms with Crippen LogP contribution in [0, 0.1) is 12.3 Å². The van der Waals surface area contributed by atoms with Gasteiger partial charge in [-0.25, -0.2) is 0 Å². The molecule has 3 nitrogen and oxygen atoms in total. The van der Waals surface area contributed by atoms with Crippen LogP contribution < -0.4 is 0 Å². The van der Waals surface area contributed by atoms with E-state index in [-0.39, 0.29) is 24.7 Å². The van der Waals surface area contributed by atoms with E-state index in [2.05, 4.69) is 5.92 Å². The van der Waals surface area contributed by atoms with Crippen molar-refractivity contribution in [3.05, 3.63) is 0 Å². The molecule has 0 saturated carbocycles. The van der Waals surface area contributed by atoms with E-state index in [0.717, 1.165) is 0 Å². The first-order chi connectivity index (χ1) is 5.47. The number of terminal acetylenes is 1. The van der Waals surface area contributed by atoms with Crippen LogP contribution in [0.2, 0.25) is 0 Å². The van der Waals surface area contributed by atoms with Crippen molar-refractivity contribution in [1.29, 1.82) is 0 Å². The zero-order chi connectivity index (χ0) is 9.35. The number of amides is 1. The first-order valence-corrected chi connectivity index (χ1v) is 3.77. The first-order valence-electron chi connectivity index (χ1n) is 3.77. The van der Waals surface area contributed by atoms with Crippen LogP contribution in [-0.2, 0) is 9.59 Å². The molecular formula is C9H11NO2. The standard InChI is InChI=1S/C9H11NO2/c1-4-9(2,3)10-6-7(11)5-8(10)12/h1H,5-6H2,2-3H3. The molecule has 3 heteroatoms. The van der Waals surface area contributed by atoms with Gasteiger partial charge in [0.2, 0.25) is 5.91 Å². The normalized spacial score (nSPS) is 18.2. The fourth-order valence-electron chi connectivity index (χ4n) is 1.17. The topological polar surface area (TPSA) is 37.4 Å². The van der Waals surface area contributed by atoms with Gasteiger partial charge in [-0.2, -0.15) is 0 Å². The summed E-state index contributed by atoms with van der Waals surface area (Å²) in [6.07, 6.45) is 5.24. The number of Topliss-reactive ketones (excluding diaryl/α,β-unsaturated/α-hetero) is 1. The van der Waals surface area contributed by atoms with Gasteiger partial charge in [-0.05, 0) is 13.8 Å². The first kappa shape index (κ1) is 8.79. The Morgan fingerprint density at radius 1 is 1.50 bits per heavy atom. The van der Waals surface area contributed by atoms with Gasteiger partial charge in [-0.1, -0.05) is 5.92 Å². The average Bonchev–Trinajstić information content (AvgIpc) is 2.31. The summed E-state index contributed by atoms with van der Waals surface area (Å²) in [4.78, 5) is 23.5. The predicted octanol–water partition coefficient (Wildman–Crippen LogP) is 0.200. The van der Waals surface area contributed by atoms with E-state index in [1.807, 2.05) is 0 Å². The van der Waals surface area contributed by atoms with Crippen LogP contribution in [0.25, 0.3) is 0 Å². The fourth-order valence-corrected chi connectivity index (χ4v) is 1.17. The Morgan fingerprint density at radius 3 is 2.42 bits per heavy atom. The molecule has 0 unspecified atom stereocenters. The molecule has 0 aromatic carbocycles. The Hall–Kier alpha value is -1.30. The van der Waals surface area contributed by atoms with Crippen LogP contribution in [0.3, 0.4) is 0 Å². The molecule has 1 saturated heterocycles. The maximum absolute atomic E-state index is 11.2. The van der Waals surface area contributed by atoms with Crippen LogP contribution in [0.5, 0.6) is 0 Å². The van der Waals surface area contributed by atoms with Crippen molar-refractivity contribution in [3.8, 4) is 12.3 Å². The number of hydrogen-bond acceptors (Lipinski definition) is 2. The van der Waals surface area contributed by atoms with Crippen molar-refractivity contribution in [3.63, 3.8) is 0 Å². The number of likely N-dealkylation sites (tertiary alicyclic amines) is 1. The van der Waals surface area contributed by atoms with E-state index in [0.29, 0.717) is 0 Å². The summed E-state index contributed by atoms with van der Waals surface area (Å²) in [5, 5.41) is 0. The second-order valence-corrected chi connectivity index (χ2v) is 3.40. The molecule has 1 aliphatic rings. The number of ketones is 1. The summed E-state index contributed by atoms with van der Waals surface area (Å²) in [5.41, 5.74) is -0.636. The van der Waals surface area contributed by atoms with Gasteiger partial charge in [0.15, 0.2) is 5.78 Å². The third kappa shape index (κ3) is 1.33. The molecule has 0 bridgehead atoms. The van der Waals surface area contributed by atoms with Gasteiger partial charge < -0.3 is 4.90 Å². The lowest BCUT2D eigenvalue weighted by molar-refractivity contribution is -0.130. The van der Waals surface area contributed by atoms with Crippen molar-refractivity contribution < 1.29 is 9.59 Å². The Kier molecular flexibility index (Phi) is 1.93. The highest BCUT2D eigenvalue weighted by atomic mass is 16.2. The minimum absolute atomic E-state index is 0.00507. The SMILES string of the molecule is C#CC(C)(C)N1CC(=O)CC1=O. The largest absolute Gasteiger partial charge is 0.319 e. The molecule has 0 N–H and O–H groups in total. The summed E-state index contributed by atoms with van der Waals surface area (Å²) < 4.78 is 0. The third-order valence-corrected chi connectivity index (χ3v) is 2.01. The zero-order valence-corrected chi connectivity index (χ0v) is 7.26. The number of hydrogen-bond donors (Lipinski definition) is 0. The van der Waals surface area contributed by atoms with Crippen molar-refractivity contribution in [2.45, 2.75) is 25.8 Å². The Labute approximate surface area is 71.7 Å². The van der Waals surface area contributed by atoms with E-state index < -0.39 is 5.54 Å². The van der Waals surface area contributed by atoms with Gasteiger partial charge in [-0.3, -0.25) is 9.59 Å². The maximum Gasteiger partial charge on any atom is 0.231 e. The van der Waals surface area contributed by atoms with Crippen LogP contribution in [0.15, 0.2) is 0 Å². The van der Waals surface area contributed by atoms with E-state index in [1.165, 1.54) is 4.90 Å².